The molecule has 0 aromatic heterocycles. The molecular formula is C24H33NO2. The molecule has 2 aromatic rings. The molecule has 2 aromatic carbocycles. The standard InChI is InChI=1S/C24H33NO2/c1-17(2)16-22(19-10-8-7-9-11-19)25-23(26)18(3)27-21-14-12-20(13-15-21)24(4,5)6/h7-15,17-18,22H,16H2,1-6H3,(H,25,26)/t18-,22-/m1/s1. The van der Waals surface area contributed by atoms with Crippen LogP contribution in [0.4, 0.5) is 0 Å². The highest BCUT2D eigenvalue weighted by Crippen LogP contribution is 2.25. The van der Waals surface area contributed by atoms with Crippen LogP contribution in [0.5, 0.6) is 5.75 Å². The number of carbonyl (C=O) groups excluding carboxylic acids is 1. The lowest BCUT2D eigenvalue weighted by molar-refractivity contribution is -0.128. The highest BCUT2D eigenvalue weighted by atomic mass is 16.5. The SMILES string of the molecule is CC(C)C[C@@H](NC(=O)[C@@H](C)Oc1ccc(C(C)(C)C)cc1)c1ccccc1. The van der Waals surface area contributed by atoms with Gasteiger partial charge in [-0.05, 0) is 47.9 Å². The third kappa shape index (κ3) is 6.42. The number of rotatable bonds is 7. The van der Waals surface area contributed by atoms with Gasteiger partial charge in [0.05, 0.1) is 6.04 Å². The molecule has 0 aliphatic rings. The van der Waals surface area contributed by atoms with Crippen LogP contribution in [0.15, 0.2) is 54.6 Å². The quantitative estimate of drug-likeness (QED) is 0.686. The first kappa shape index (κ1) is 21.0. The van der Waals surface area contributed by atoms with Crippen molar-refractivity contribution in [3.8, 4) is 5.75 Å². The van der Waals surface area contributed by atoms with Gasteiger partial charge in [-0.15, -0.1) is 0 Å². The highest BCUT2D eigenvalue weighted by Gasteiger charge is 2.21. The molecule has 2 atom stereocenters. The van der Waals surface area contributed by atoms with Crippen molar-refractivity contribution >= 4 is 5.91 Å². The third-order valence-electron chi connectivity index (χ3n) is 4.63. The van der Waals surface area contributed by atoms with Crippen LogP contribution in [0, 0.1) is 5.92 Å². The highest BCUT2D eigenvalue weighted by molar-refractivity contribution is 5.81. The second-order valence-corrected chi connectivity index (χ2v) is 8.64. The second-order valence-electron chi connectivity index (χ2n) is 8.64. The van der Waals surface area contributed by atoms with E-state index in [-0.39, 0.29) is 17.4 Å². The molecule has 0 saturated carbocycles. The van der Waals surface area contributed by atoms with E-state index in [2.05, 4.69) is 64.2 Å². The summed E-state index contributed by atoms with van der Waals surface area (Å²) in [6.45, 7) is 12.7. The minimum absolute atomic E-state index is 0.00647. The van der Waals surface area contributed by atoms with E-state index in [1.807, 2.05) is 30.3 Å². The summed E-state index contributed by atoms with van der Waals surface area (Å²) in [4.78, 5) is 12.7. The van der Waals surface area contributed by atoms with Crippen molar-refractivity contribution in [2.75, 3.05) is 0 Å². The predicted octanol–water partition coefficient (Wildman–Crippen LogP) is 5.66. The lowest BCUT2D eigenvalue weighted by Gasteiger charge is -2.24. The molecule has 0 aliphatic carbocycles. The Labute approximate surface area is 164 Å². The number of nitrogens with one attached hydrogen (secondary N) is 1. The van der Waals surface area contributed by atoms with Gasteiger partial charge in [-0.3, -0.25) is 4.79 Å². The van der Waals surface area contributed by atoms with Crippen molar-refractivity contribution in [1.82, 2.24) is 5.32 Å². The van der Waals surface area contributed by atoms with Gasteiger partial charge in [-0.25, -0.2) is 0 Å². The monoisotopic (exact) mass is 367 g/mol. The molecular weight excluding hydrogens is 334 g/mol. The van der Waals surface area contributed by atoms with Crippen LogP contribution in [0.2, 0.25) is 0 Å². The summed E-state index contributed by atoms with van der Waals surface area (Å²) in [7, 11) is 0. The average molecular weight is 368 g/mol. The molecule has 146 valence electrons. The van der Waals surface area contributed by atoms with E-state index >= 15 is 0 Å². The van der Waals surface area contributed by atoms with Gasteiger partial charge in [0.15, 0.2) is 6.10 Å². The van der Waals surface area contributed by atoms with E-state index < -0.39 is 6.10 Å². The Morgan fingerprint density at radius 2 is 1.56 bits per heavy atom. The Bertz CT molecular complexity index is 714. The maximum atomic E-state index is 12.7. The fraction of sp³-hybridized carbons (Fsp3) is 0.458. The summed E-state index contributed by atoms with van der Waals surface area (Å²) in [5.74, 6) is 1.10. The van der Waals surface area contributed by atoms with Crippen molar-refractivity contribution in [2.45, 2.75) is 65.5 Å². The average Bonchev–Trinajstić information content (AvgIpc) is 2.61. The second kappa shape index (κ2) is 9.07. The zero-order valence-electron chi connectivity index (χ0n) is 17.5. The van der Waals surface area contributed by atoms with Crippen LogP contribution < -0.4 is 10.1 Å². The van der Waals surface area contributed by atoms with E-state index in [4.69, 9.17) is 4.74 Å². The first-order valence-electron chi connectivity index (χ1n) is 9.79. The van der Waals surface area contributed by atoms with Gasteiger partial charge in [0, 0.05) is 0 Å². The molecule has 0 bridgehead atoms. The Balaban J connectivity index is 2.02. The summed E-state index contributed by atoms with van der Waals surface area (Å²) in [6.07, 6.45) is 0.340. The van der Waals surface area contributed by atoms with Crippen molar-refractivity contribution in [3.63, 3.8) is 0 Å². The van der Waals surface area contributed by atoms with Gasteiger partial charge in [0.1, 0.15) is 5.75 Å². The van der Waals surface area contributed by atoms with Crippen LogP contribution in [0.3, 0.4) is 0 Å². The van der Waals surface area contributed by atoms with Gasteiger partial charge in [-0.2, -0.15) is 0 Å². The fourth-order valence-corrected chi connectivity index (χ4v) is 3.02. The molecule has 0 saturated heterocycles. The number of hydrogen-bond acceptors (Lipinski definition) is 2. The van der Waals surface area contributed by atoms with Crippen LogP contribution in [0.1, 0.15) is 65.1 Å². The minimum Gasteiger partial charge on any atom is -0.481 e. The topological polar surface area (TPSA) is 38.3 Å². The Kier molecular flexibility index (Phi) is 7.06. The maximum Gasteiger partial charge on any atom is 0.261 e. The van der Waals surface area contributed by atoms with Crippen LogP contribution in [0.25, 0.3) is 0 Å². The molecule has 3 heteroatoms. The van der Waals surface area contributed by atoms with Crippen molar-refractivity contribution < 1.29 is 9.53 Å². The summed E-state index contributed by atoms with van der Waals surface area (Å²) in [5, 5.41) is 3.16. The number of hydrogen-bond donors (Lipinski definition) is 1. The van der Waals surface area contributed by atoms with Gasteiger partial charge in [0.25, 0.3) is 5.91 Å². The van der Waals surface area contributed by atoms with Gasteiger partial charge in [0.2, 0.25) is 0 Å². The largest absolute Gasteiger partial charge is 0.481 e. The molecule has 0 aliphatic heterocycles. The van der Waals surface area contributed by atoms with Crippen molar-refractivity contribution in [2.24, 2.45) is 5.92 Å². The first-order chi connectivity index (χ1) is 12.7. The molecule has 27 heavy (non-hydrogen) atoms. The summed E-state index contributed by atoms with van der Waals surface area (Å²) in [5.41, 5.74) is 2.47. The Morgan fingerprint density at radius 1 is 0.963 bits per heavy atom. The number of ether oxygens (including phenoxy) is 1. The smallest absolute Gasteiger partial charge is 0.261 e. The molecule has 1 N–H and O–H groups in total. The molecule has 0 spiro atoms. The van der Waals surface area contributed by atoms with E-state index in [9.17, 15) is 4.79 Å². The van der Waals surface area contributed by atoms with E-state index in [1.165, 1.54) is 5.56 Å². The van der Waals surface area contributed by atoms with Crippen LogP contribution in [-0.4, -0.2) is 12.0 Å². The lowest BCUT2D eigenvalue weighted by Crippen LogP contribution is -2.39. The predicted molar refractivity (Wildman–Crippen MR) is 112 cm³/mol. The van der Waals surface area contributed by atoms with Crippen molar-refractivity contribution in [3.05, 3.63) is 65.7 Å². The summed E-state index contributed by atoms with van der Waals surface area (Å²) in [6, 6.07) is 18.1. The number of benzene rings is 2. The summed E-state index contributed by atoms with van der Waals surface area (Å²) >= 11 is 0. The zero-order valence-corrected chi connectivity index (χ0v) is 17.5. The fourth-order valence-electron chi connectivity index (χ4n) is 3.02. The Morgan fingerprint density at radius 3 is 2.07 bits per heavy atom. The van der Waals surface area contributed by atoms with Crippen LogP contribution >= 0.6 is 0 Å². The van der Waals surface area contributed by atoms with Gasteiger partial charge >= 0.3 is 0 Å². The van der Waals surface area contributed by atoms with E-state index in [0.717, 1.165) is 12.0 Å². The maximum absolute atomic E-state index is 12.7. The lowest BCUT2D eigenvalue weighted by atomic mass is 9.87. The van der Waals surface area contributed by atoms with Crippen LogP contribution in [-0.2, 0) is 10.2 Å². The van der Waals surface area contributed by atoms with E-state index in [1.54, 1.807) is 6.92 Å². The first-order valence-corrected chi connectivity index (χ1v) is 9.79. The molecule has 3 nitrogen and oxygen atoms in total. The minimum atomic E-state index is -0.552. The van der Waals surface area contributed by atoms with Gasteiger partial charge < -0.3 is 10.1 Å². The molecule has 0 fully saturated rings. The zero-order chi connectivity index (χ0) is 20.0. The molecule has 2 rings (SSSR count). The third-order valence-corrected chi connectivity index (χ3v) is 4.63. The molecule has 1 amide bonds. The normalized spacial score (nSPS) is 13.9. The molecule has 0 heterocycles. The number of amides is 1. The van der Waals surface area contributed by atoms with Gasteiger partial charge in [-0.1, -0.05) is 77.1 Å². The summed E-state index contributed by atoms with van der Waals surface area (Å²) < 4.78 is 5.87. The molecule has 0 radical (unpaired) electrons. The van der Waals surface area contributed by atoms with Crippen molar-refractivity contribution in [1.29, 1.82) is 0 Å². The molecule has 0 unspecified atom stereocenters. The Hall–Kier alpha value is -2.29. The van der Waals surface area contributed by atoms with E-state index in [0.29, 0.717) is 11.7 Å². The number of carbonyl (C=O) groups is 1.